The highest BCUT2D eigenvalue weighted by Gasteiger charge is 2.30. The number of hydrogen-bond acceptors (Lipinski definition) is 4. The Bertz CT molecular complexity index is 225. The van der Waals surface area contributed by atoms with E-state index in [4.69, 9.17) is 5.11 Å². The Morgan fingerprint density at radius 1 is 1.57 bits per heavy atom. The summed E-state index contributed by atoms with van der Waals surface area (Å²) >= 11 is 0. The van der Waals surface area contributed by atoms with Crippen molar-refractivity contribution in [2.75, 3.05) is 13.7 Å². The third-order valence-corrected chi connectivity index (χ3v) is 2.23. The molecule has 80 valence electrons. The fraction of sp³-hybridized carbons (Fsp3) is 0.778. The lowest BCUT2D eigenvalue weighted by atomic mass is 10.1. The Labute approximate surface area is 82.4 Å². The SMILES string of the molecule is COC(=O)[C@H](CC1CC1)NC(=O)CO. The van der Waals surface area contributed by atoms with Crippen molar-refractivity contribution in [2.24, 2.45) is 5.92 Å². The van der Waals surface area contributed by atoms with E-state index in [1.807, 2.05) is 0 Å². The first-order valence-corrected chi connectivity index (χ1v) is 4.65. The number of methoxy groups -OCH3 is 1. The monoisotopic (exact) mass is 201 g/mol. The van der Waals surface area contributed by atoms with Crippen LogP contribution >= 0.6 is 0 Å². The molecule has 1 aliphatic rings. The average molecular weight is 201 g/mol. The van der Waals surface area contributed by atoms with Gasteiger partial charge in [-0.05, 0) is 12.3 Å². The summed E-state index contributed by atoms with van der Waals surface area (Å²) in [5.41, 5.74) is 0. The molecular formula is C9H15NO4. The largest absolute Gasteiger partial charge is 0.467 e. The van der Waals surface area contributed by atoms with Gasteiger partial charge in [-0.1, -0.05) is 12.8 Å². The van der Waals surface area contributed by atoms with Gasteiger partial charge in [0.05, 0.1) is 7.11 Å². The maximum Gasteiger partial charge on any atom is 0.328 e. The maximum absolute atomic E-state index is 11.2. The van der Waals surface area contributed by atoms with Crippen LogP contribution in [0.25, 0.3) is 0 Å². The van der Waals surface area contributed by atoms with Crippen molar-refractivity contribution in [1.82, 2.24) is 5.32 Å². The summed E-state index contributed by atoms with van der Waals surface area (Å²) in [5, 5.41) is 10.9. The number of hydrogen-bond donors (Lipinski definition) is 2. The molecule has 1 aliphatic carbocycles. The highest BCUT2D eigenvalue weighted by molar-refractivity contribution is 5.84. The van der Waals surface area contributed by atoms with Crippen LogP contribution in [0.4, 0.5) is 0 Å². The number of aliphatic hydroxyl groups excluding tert-OH is 1. The Morgan fingerprint density at radius 3 is 2.64 bits per heavy atom. The Hall–Kier alpha value is -1.10. The van der Waals surface area contributed by atoms with E-state index >= 15 is 0 Å². The van der Waals surface area contributed by atoms with Crippen LogP contribution in [-0.2, 0) is 14.3 Å². The van der Waals surface area contributed by atoms with Gasteiger partial charge in [0.25, 0.3) is 0 Å². The first kappa shape index (κ1) is 11.0. The molecular weight excluding hydrogens is 186 g/mol. The number of amides is 1. The molecule has 0 unspecified atom stereocenters. The molecule has 1 rings (SSSR count). The molecule has 1 saturated carbocycles. The van der Waals surface area contributed by atoms with Crippen molar-refractivity contribution >= 4 is 11.9 Å². The van der Waals surface area contributed by atoms with Gasteiger partial charge in [-0.25, -0.2) is 4.79 Å². The molecule has 0 heterocycles. The quantitative estimate of drug-likeness (QED) is 0.584. The molecule has 0 aliphatic heterocycles. The summed E-state index contributed by atoms with van der Waals surface area (Å²) in [6, 6.07) is -0.604. The molecule has 1 fully saturated rings. The van der Waals surface area contributed by atoms with Gasteiger partial charge < -0.3 is 15.2 Å². The van der Waals surface area contributed by atoms with Crippen LogP contribution in [0, 0.1) is 5.92 Å². The van der Waals surface area contributed by atoms with Crippen LogP contribution < -0.4 is 5.32 Å². The third kappa shape index (κ3) is 3.33. The molecule has 0 saturated heterocycles. The molecule has 0 aromatic carbocycles. The van der Waals surface area contributed by atoms with Crippen molar-refractivity contribution in [2.45, 2.75) is 25.3 Å². The highest BCUT2D eigenvalue weighted by atomic mass is 16.5. The van der Waals surface area contributed by atoms with E-state index in [-0.39, 0.29) is 0 Å². The minimum atomic E-state index is -0.604. The number of esters is 1. The number of aliphatic hydroxyl groups is 1. The Balaban J connectivity index is 2.42. The maximum atomic E-state index is 11.2. The van der Waals surface area contributed by atoms with Crippen molar-refractivity contribution in [1.29, 1.82) is 0 Å². The number of carbonyl (C=O) groups excluding carboxylic acids is 2. The van der Waals surface area contributed by atoms with Gasteiger partial charge in [-0.15, -0.1) is 0 Å². The molecule has 0 aromatic rings. The van der Waals surface area contributed by atoms with Crippen molar-refractivity contribution in [3.05, 3.63) is 0 Å². The summed E-state index contributed by atoms with van der Waals surface area (Å²) in [7, 11) is 1.29. The number of nitrogens with one attached hydrogen (secondary N) is 1. The molecule has 1 amide bonds. The third-order valence-electron chi connectivity index (χ3n) is 2.23. The predicted molar refractivity (Wildman–Crippen MR) is 48.4 cm³/mol. The molecule has 1 atom stereocenters. The van der Waals surface area contributed by atoms with E-state index in [2.05, 4.69) is 10.1 Å². The minimum absolute atomic E-state index is 0.446. The van der Waals surface area contributed by atoms with Gasteiger partial charge in [0.1, 0.15) is 12.6 Å². The standard InChI is InChI=1S/C9H15NO4/c1-14-9(13)7(4-6-2-3-6)10-8(12)5-11/h6-7,11H,2-5H2,1H3,(H,10,12)/t7-/m0/s1. The number of rotatable bonds is 5. The fourth-order valence-corrected chi connectivity index (χ4v) is 1.28. The number of carbonyl (C=O) groups is 2. The fourth-order valence-electron chi connectivity index (χ4n) is 1.28. The molecule has 0 radical (unpaired) electrons. The summed E-state index contributed by atoms with van der Waals surface area (Å²) in [4.78, 5) is 22.1. The predicted octanol–water partition coefficient (Wildman–Crippen LogP) is -0.563. The Morgan fingerprint density at radius 2 is 2.21 bits per heavy atom. The second-order valence-corrected chi connectivity index (χ2v) is 3.48. The van der Waals surface area contributed by atoms with Gasteiger partial charge in [0.2, 0.25) is 5.91 Å². The van der Waals surface area contributed by atoms with Crippen LogP contribution in [0.5, 0.6) is 0 Å². The smallest absolute Gasteiger partial charge is 0.328 e. The molecule has 2 N–H and O–H groups in total. The summed E-state index contributed by atoms with van der Waals surface area (Å²) in [5.74, 6) is -0.474. The zero-order valence-corrected chi connectivity index (χ0v) is 8.16. The normalized spacial score (nSPS) is 17.3. The summed E-state index contributed by atoms with van der Waals surface area (Å²) < 4.78 is 4.55. The summed E-state index contributed by atoms with van der Waals surface area (Å²) in [6.07, 6.45) is 2.81. The lowest BCUT2D eigenvalue weighted by Crippen LogP contribution is -2.43. The van der Waals surface area contributed by atoms with E-state index < -0.39 is 24.5 Å². The van der Waals surface area contributed by atoms with Crippen LogP contribution in [0.2, 0.25) is 0 Å². The molecule has 5 heteroatoms. The van der Waals surface area contributed by atoms with E-state index in [9.17, 15) is 9.59 Å². The van der Waals surface area contributed by atoms with Gasteiger partial charge in [0.15, 0.2) is 0 Å². The lowest BCUT2D eigenvalue weighted by Gasteiger charge is -2.15. The zero-order valence-electron chi connectivity index (χ0n) is 8.16. The minimum Gasteiger partial charge on any atom is -0.467 e. The van der Waals surface area contributed by atoms with Gasteiger partial charge >= 0.3 is 5.97 Å². The topological polar surface area (TPSA) is 75.6 Å². The second kappa shape index (κ2) is 4.95. The second-order valence-electron chi connectivity index (χ2n) is 3.48. The van der Waals surface area contributed by atoms with Crippen molar-refractivity contribution < 1.29 is 19.4 Å². The van der Waals surface area contributed by atoms with Crippen molar-refractivity contribution in [3.8, 4) is 0 Å². The van der Waals surface area contributed by atoms with Gasteiger partial charge in [0, 0.05) is 0 Å². The average Bonchev–Trinajstić information content (AvgIpc) is 2.99. The Kier molecular flexibility index (Phi) is 3.88. The molecule has 0 aromatic heterocycles. The summed E-state index contributed by atoms with van der Waals surface area (Å²) in [6.45, 7) is -0.599. The van der Waals surface area contributed by atoms with E-state index in [0.29, 0.717) is 12.3 Å². The molecule has 0 bridgehead atoms. The van der Waals surface area contributed by atoms with Gasteiger partial charge in [-0.2, -0.15) is 0 Å². The zero-order chi connectivity index (χ0) is 10.6. The van der Waals surface area contributed by atoms with E-state index in [0.717, 1.165) is 12.8 Å². The van der Waals surface area contributed by atoms with Crippen LogP contribution in [-0.4, -0.2) is 36.7 Å². The van der Waals surface area contributed by atoms with E-state index in [1.54, 1.807) is 0 Å². The highest BCUT2D eigenvalue weighted by Crippen LogP contribution is 2.33. The lowest BCUT2D eigenvalue weighted by molar-refractivity contribution is -0.145. The van der Waals surface area contributed by atoms with E-state index in [1.165, 1.54) is 7.11 Å². The number of ether oxygens (including phenoxy) is 1. The van der Waals surface area contributed by atoms with Crippen LogP contribution in [0.15, 0.2) is 0 Å². The van der Waals surface area contributed by atoms with Crippen LogP contribution in [0.1, 0.15) is 19.3 Å². The van der Waals surface area contributed by atoms with Gasteiger partial charge in [-0.3, -0.25) is 4.79 Å². The molecule has 14 heavy (non-hydrogen) atoms. The first-order chi connectivity index (χ1) is 6.67. The van der Waals surface area contributed by atoms with Crippen LogP contribution in [0.3, 0.4) is 0 Å². The van der Waals surface area contributed by atoms with Crippen molar-refractivity contribution in [3.63, 3.8) is 0 Å². The first-order valence-electron chi connectivity index (χ1n) is 4.65. The molecule has 5 nitrogen and oxygen atoms in total. The molecule has 0 spiro atoms.